The highest BCUT2D eigenvalue weighted by atomic mass is 32.1. The van der Waals surface area contributed by atoms with Crippen LogP contribution in [0.3, 0.4) is 0 Å². The summed E-state index contributed by atoms with van der Waals surface area (Å²) >= 11 is 1.47. The molecule has 4 aromatic heterocycles. The molecule has 24 heavy (non-hydrogen) atoms. The Balaban J connectivity index is 1.66. The third kappa shape index (κ3) is 2.06. The molecule has 0 amide bonds. The molecule has 114 valence electrons. The standard InChI is InChI=1S/C17H10N6S/c1-2-4-13-11(3-1)5-6-14(19-13)16-22-23-15(20-21-17(23)24-16)12-7-9-18-10-8-12/h1-10H. The van der Waals surface area contributed by atoms with E-state index in [4.69, 9.17) is 4.98 Å². The van der Waals surface area contributed by atoms with Crippen LogP contribution < -0.4 is 0 Å². The first kappa shape index (κ1) is 13.3. The number of rotatable bonds is 2. The summed E-state index contributed by atoms with van der Waals surface area (Å²) in [6, 6.07) is 15.9. The fraction of sp³-hybridized carbons (Fsp3) is 0. The second kappa shape index (κ2) is 5.17. The number of hydrogen-bond donors (Lipinski definition) is 0. The van der Waals surface area contributed by atoms with Crippen molar-refractivity contribution in [1.82, 2.24) is 29.8 Å². The van der Waals surface area contributed by atoms with Crippen LogP contribution in [0.1, 0.15) is 0 Å². The molecule has 0 fully saturated rings. The second-order valence-corrected chi connectivity index (χ2v) is 6.21. The van der Waals surface area contributed by atoms with Crippen LogP contribution in [-0.2, 0) is 0 Å². The van der Waals surface area contributed by atoms with Gasteiger partial charge in [0.05, 0.1) is 5.52 Å². The normalized spacial score (nSPS) is 11.3. The molecule has 0 aliphatic heterocycles. The molecule has 0 bridgehead atoms. The van der Waals surface area contributed by atoms with E-state index >= 15 is 0 Å². The van der Waals surface area contributed by atoms with E-state index in [0.717, 1.165) is 32.1 Å². The highest BCUT2D eigenvalue weighted by Gasteiger charge is 2.15. The van der Waals surface area contributed by atoms with Crippen LogP contribution in [0.15, 0.2) is 60.9 Å². The molecule has 4 heterocycles. The summed E-state index contributed by atoms with van der Waals surface area (Å²) in [6.45, 7) is 0. The Morgan fingerprint density at radius 1 is 0.875 bits per heavy atom. The topological polar surface area (TPSA) is 68.9 Å². The summed E-state index contributed by atoms with van der Waals surface area (Å²) < 4.78 is 1.76. The van der Waals surface area contributed by atoms with Gasteiger partial charge < -0.3 is 0 Å². The first-order valence-electron chi connectivity index (χ1n) is 7.37. The molecule has 0 aliphatic rings. The summed E-state index contributed by atoms with van der Waals surface area (Å²) in [6.07, 6.45) is 3.46. The Morgan fingerprint density at radius 3 is 2.67 bits per heavy atom. The Kier molecular flexibility index (Phi) is 2.86. The van der Waals surface area contributed by atoms with Gasteiger partial charge in [0, 0.05) is 23.3 Å². The van der Waals surface area contributed by atoms with Crippen molar-refractivity contribution in [3.05, 3.63) is 60.9 Å². The first-order valence-corrected chi connectivity index (χ1v) is 8.19. The molecule has 0 N–H and O–H groups in total. The van der Waals surface area contributed by atoms with Crippen LogP contribution >= 0.6 is 11.3 Å². The average Bonchev–Trinajstić information content (AvgIpc) is 3.23. The molecule has 1 aromatic carbocycles. The summed E-state index contributed by atoms with van der Waals surface area (Å²) in [5, 5.41) is 15.0. The molecule has 5 aromatic rings. The lowest BCUT2D eigenvalue weighted by molar-refractivity contribution is 0.967. The highest BCUT2D eigenvalue weighted by Crippen LogP contribution is 2.27. The van der Waals surface area contributed by atoms with Crippen molar-refractivity contribution in [3.63, 3.8) is 0 Å². The molecule has 0 unspecified atom stereocenters. The molecular weight excluding hydrogens is 320 g/mol. The third-order valence-electron chi connectivity index (χ3n) is 3.75. The fourth-order valence-electron chi connectivity index (χ4n) is 2.59. The lowest BCUT2D eigenvalue weighted by Gasteiger charge is -1.99. The summed E-state index contributed by atoms with van der Waals surface area (Å²) in [4.78, 5) is 9.47. The predicted octanol–water partition coefficient (Wildman–Crippen LogP) is 3.46. The number of benzene rings is 1. The molecule has 0 saturated heterocycles. The quantitative estimate of drug-likeness (QED) is 0.496. The van der Waals surface area contributed by atoms with E-state index in [2.05, 4.69) is 26.3 Å². The van der Waals surface area contributed by atoms with Gasteiger partial charge >= 0.3 is 0 Å². The molecule has 0 spiro atoms. The van der Waals surface area contributed by atoms with Crippen molar-refractivity contribution < 1.29 is 0 Å². The van der Waals surface area contributed by atoms with Gasteiger partial charge in [-0.2, -0.15) is 9.61 Å². The van der Waals surface area contributed by atoms with E-state index in [-0.39, 0.29) is 0 Å². The molecular formula is C17H10N6S. The van der Waals surface area contributed by atoms with Crippen molar-refractivity contribution >= 4 is 27.2 Å². The zero-order valence-electron chi connectivity index (χ0n) is 12.4. The molecule has 7 heteroatoms. The van der Waals surface area contributed by atoms with E-state index in [1.54, 1.807) is 16.9 Å². The van der Waals surface area contributed by atoms with Gasteiger partial charge in [-0.3, -0.25) is 4.98 Å². The lowest BCUT2D eigenvalue weighted by atomic mass is 10.2. The first-order chi connectivity index (χ1) is 11.9. The Labute approximate surface area is 140 Å². The van der Waals surface area contributed by atoms with E-state index < -0.39 is 0 Å². The Bertz CT molecular complexity index is 1160. The van der Waals surface area contributed by atoms with E-state index in [1.807, 2.05) is 42.5 Å². The van der Waals surface area contributed by atoms with Crippen molar-refractivity contribution in [2.45, 2.75) is 0 Å². The van der Waals surface area contributed by atoms with Crippen molar-refractivity contribution in [2.75, 3.05) is 0 Å². The van der Waals surface area contributed by atoms with Crippen LogP contribution in [0.2, 0.25) is 0 Å². The van der Waals surface area contributed by atoms with E-state index in [0.29, 0.717) is 5.82 Å². The number of fused-ring (bicyclic) bond motifs is 2. The maximum absolute atomic E-state index is 4.70. The van der Waals surface area contributed by atoms with Crippen LogP contribution in [-0.4, -0.2) is 29.8 Å². The van der Waals surface area contributed by atoms with Gasteiger partial charge in [-0.15, -0.1) is 10.2 Å². The Morgan fingerprint density at radius 2 is 1.75 bits per heavy atom. The molecule has 6 nitrogen and oxygen atoms in total. The molecule has 0 radical (unpaired) electrons. The number of nitrogens with zero attached hydrogens (tertiary/aromatic N) is 6. The van der Waals surface area contributed by atoms with Gasteiger partial charge in [-0.05, 0) is 24.3 Å². The van der Waals surface area contributed by atoms with Crippen LogP contribution in [0.25, 0.3) is 38.0 Å². The van der Waals surface area contributed by atoms with Crippen molar-refractivity contribution in [2.24, 2.45) is 0 Å². The van der Waals surface area contributed by atoms with Gasteiger partial charge in [0.2, 0.25) is 4.96 Å². The van der Waals surface area contributed by atoms with Crippen molar-refractivity contribution in [1.29, 1.82) is 0 Å². The van der Waals surface area contributed by atoms with Crippen LogP contribution in [0, 0.1) is 0 Å². The predicted molar refractivity (Wildman–Crippen MR) is 92.6 cm³/mol. The minimum Gasteiger partial charge on any atom is -0.265 e. The molecule has 0 saturated carbocycles. The molecule has 0 atom stereocenters. The number of aromatic nitrogens is 6. The highest BCUT2D eigenvalue weighted by molar-refractivity contribution is 7.19. The molecule has 5 rings (SSSR count). The monoisotopic (exact) mass is 330 g/mol. The smallest absolute Gasteiger partial charge is 0.235 e. The van der Waals surface area contributed by atoms with Gasteiger partial charge in [-0.25, -0.2) is 4.98 Å². The zero-order valence-corrected chi connectivity index (χ0v) is 13.2. The van der Waals surface area contributed by atoms with Crippen molar-refractivity contribution in [3.8, 4) is 22.1 Å². The largest absolute Gasteiger partial charge is 0.265 e. The van der Waals surface area contributed by atoms with Gasteiger partial charge in [0.25, 0.3) is 0 Å². The van der Waals surface area contributed by atoms with Gasteiger partial charge in [0.15, 0.2) is 10.8 Å². The maximum atomic E-state index is 4.70. The van der Waals surface area contributed by atoms with E-state index in [1.165, 1.54) is 11.3 Å². The second-order valence-electron chi connectivity index (χ2n) is 5.25. The third-order valence-corrected chi connectivity index (χ3v) is 4.67. The van der Waals surface area contributed by atoms with Crippen LogP contribution in [0.5, 0.6) is 0 Å². The minimum absolute atomic E-state index is 0.704. The molecule has 0 aliphatic carbocycles. The Hall–Kier alpha value is -3.19. The zero-order chi connectivity index (χ0) is 15.9. The fourth-order valence-corrected chi connectivity index (χ4v) is 3.40. The maximum Gasteiger partial charge on any atom is 0.235 e. The summed E-state index contributed by atoms with van der Waals surface area (Å²) in [7, 11) is 0. The lowest BCUT2D eigenvalue weighted by Crippen LogP contribution is -1.92. The number of hydrogen-bond acceptors (Lipinski definition) is 6. The minimum atomic E-state index is 0.704. The number of para-hydroxylation sites is 1. The van der Waals surface area contributed by atoms with E-state index in [9.17, 15) is 0 Å². The number of pyridine rings is 2. The van der Waals surface area contributed by atoms with Gasteiger partial charge in [0.1, 0.15) is 5.69 Å². The SMILES string of the molecule is c1ccc2nc(-c3nn4c(-c5ccncc5)nnc4s3)ccc2c1. The van der Waals surface area contributed by atoms with Gasteiger partial charge in [-0.1, -0.05) is 35.6 Å². The summed E-state index contributed by atoms with van der Waals surface area (Å²) in [5.74, 6) is 0.704. The average molecular weight is 330 g/mol. The van der Waals surface area contributed by atoms with Crippen LogP contribution in [0.4, 0.5) is 0 Å². The summed E-state index contributed by atoms with van der Waals surface area (Å²) in [5.41, 5.74) is 2.72.